The molecule has 0 radical (unpaired) electrons. The quantitative estimate of drug-likeness (QED) is 0.401. The van der Waals surface area contributed by atoms with Gasteiger partial charge in [0.05, 0.1) is 7.11 Å². The Morgan fingerprint density at radius 1 is 1.30 bits per heavy atom. The van der Waals surface area contributed by atoms with Gasteiger partial charge >= 0.3 is 0 Å². The van der Waals surface area contributed by atoms with Gasteiger partial charge in [0.25, 0.3) is 0 Å². The average Bonchev–Trinajstić information content (AvgIpc) is 3.24. The van der Waals surface area contributed by atoms with Crippen molar-refractivity contribution in [1.82, 2.24) is 19.9 Å². The molecule has 0 amide bonds. The van der Waals surface area contributed by atoms with Crippen LogP contribution >= 0.6 is 24.4 Å². The topological polar surface area (TPSA) is 66.0 Å². The summed E-state index contributed by atoms with van der Waals surface area (Å²) in [6, 6.07) is 7.64. The van der Waals surface area contributed by atoms with Gasteiger partial charge in [-0.15, -0.1) is 11.8 Å². The molecule has 0 aliphatic rings. The fourth-order valence-electron chi connectivity index (χ4n) is 2.06. The second kappa shape index (κ2) is 7.56. The van der Waals surface area contributed by atoms with Crippen molar-refractivity contribution in [3.05, 3.63) is 36.9 Å². The molecule has 1 aromatic carbocycles. The molecule has 8 heteroatoms. The zero-order valence-corrected chi connectivity index (χ0v) is 14.3. The Morgan fingerprint density at radius 2 is 2.13 bits per heavy atom. The second-order valence-corrected chi connectivity index (χ2v) is 6.19. The van der Waals surface area contributed by atoms with Gasteiger partial charge in [0.1, 0.15) is 24.1 Å². The molecule has 0 unspecified atom stereocenters. The van der Waals surface area contributed by atoms with Crippen LogP contribution in [0.25, 0.3) is 17.0 Å². The Bertz CT molecular complexity index is 741. The number of thioether (sulfide) groups is 1. The van der Waals surface area contributed by atoms with Crippen molar-refractivity contribution in [3.63, 3.8) is 0 Å². The minimum atomic E-state index is 0.659. The third-order valence-electron chi connectivity index (χ3n) is 3.18. The van der Waals surface area contributed by atoms with Crippen LogP contribution in [0.4, 0.5) is 0 Å². The van der Waals surface area contributed by atoms with Crippen LogP contribution in [0.1, 0.15) is 6.42 Å². The van der Waals surface area contributed by atoms with Crippen LogP contribution in [0.3, 0.4) is 0 Å². The number of methoxy groups -OCH3 is 1. The van der Waals surface area contributed by atoms with E-state index >= 15 is 0 Å². The van der Waals surface area contributed by atoms with Crippen LogP contribution < -0.4 is 4.74 Å². The fraction of sp³-hybridized carbons (Fsp3) is 0.267. The van der Waals surface area contributed by atoms with Crippen LogP contribution in [0.5, 0.6) is 5.75 Å². The van der Waals surface area contributed by atoms with Crippen LogP contribution in [-0.2, 0) is 0 Å². The summed E-state index contributed by atoms with van der Waals surface area (Å²) in [5.41, 5.74) is 1.71. The van der Waals surface area contributed by atoms with E-state index in [2.05, 4.69) is 27.9 Å². The van der Waals surface area contributed by atoms with Crippen molar-refractivity contribution in [3.8, 4) is 22.8 Å². The zero-order chi connectivity index (χ0) is 16.1. The molecule has 3 aromatic rings. The van der Waals surface area contributed by atoms with Gasteiger partial charge in [-0.2, -0.15) is 17.7 Å². The van der Waals surface area contributed by atoms with Gasteiger partial charge in [-0.1, -0.05) is 5.16 Å². The summed E-state index contributed by atoms with van der Waals surface area (Å²) in [5, 5.41) is 9.22. The largest absolute Gasteiger partial charge is 0.497 e. The number of benzene rings is 1. The Labute approximate surface area is 143 Å². The van der Waals surface area contributed by atoms with Crippen molar-refractivity contribution in [2.45, 2.75) is 11.4 Å². The first-order valence-corrected chi connectivity index (χ1v) is 8.68. The number of nitrogens with zero attached hydrogens (tertiary/aromatic N) is 4. The van der Waals surface area contributed by atoms with Gasteiger partial charge in [0.15, 0.2) is 10.8 Å². The number of aromatic nitrogens is 4. The molecule has 2 heterocycles. The third kappa shape index (κ3) is 3.53. The molecular formula is C15H16N4O2S2. The van der Waals surface area contributed by atoms with E-state index in [-0.39, 0.29) is 0 Å². The summed E-state index contributed by atoms with van der Waals surface area (Å²) in [6.45, 7) is 0. The SMILES string of the molecule is COc1ccc(-c2onc(SCCCS)c2-n2cncn2)cc1. The molecule has 0 atom stereocenters. The van der Waals surface area contributed by atoms with E-state index in [4.69, 9.17) is 9.26 Å². The van der Waals surface area contributed by atoms with Crippen LogP contribution in [-0.4, -0.2) is 38.5 Å². The van der Waals surface area contributed by atoms with Crippen molar-refractivity contribution in [2.24, 2.45) is 0 Å². The van der Waals surface area contributed by atoms with Crippen LogP contribution in [0, 0.1) is 0 Å². The lowest BCUT2D eigenvalue weighted by atomic mass is 10.1. The molecule has 120 valence electrons. The summed E-state index contributed by atoms with van der Waals surface area (Å²) in [6.07, 6.45) is 4.13. The lowest BCUT2D eigenvalue weighted by Crippen LogP contribution is -1.97. The van der Waals surface area contributed by atoms with E-state index < -0.39 is 0 Å². The highest BCUT2D eigenvalue weighted by Gasteiger charge is 2.20. The third-order valence-corrected chi connectivity index (χ3v) is 4.53. The van der Waals surface area contributed by atoms with E-state index in [9.17, 15) is 0 Å². The number of thiol groups is 1. The highest BCUT2D eigenvalue weighted by Crippen LogP contribution is 2.35. The smallest absolute Gasteiger partial charge is 0.193 e. The molecule has 23 heavy (non-hydrogen) atoms. The lowest BCUT2D eigenvalue weighted by molar-refractivity contribution is 0.412. The molecule has 3 rings (SSSR count). The van der Waals surface area contributed by atoms with Gasteiger partial charge < -0.3 is 9.26 Å². The van der Waals surface area contributed by atoms with Crippen molar-refractivity contribution in [2.75, 3.05) is 18.6 Å². The van der Waals surface area contributed by atoms with E-state index in [1.54, 1.807) is 29.9 Å². The van der Waals surface area contributed by atoms with E-state index in [1.807, 2.05) is 24.3 Å². The van der Waals surface area contributed by atoms with Crippen molar-refractivity contribution >= 4 is 24.4 Å². The van der Waals surface area contributed by atoms with Gasteiger partial charge in [-0.05, 0) is 36.4 Å². The van der Waals surface area contributed by atoms with Crippen molar-refractivity contribution < 1.29 is 9.26 Å². The molecule has 0 aliphatic carbocycles. The van der Waals surface area contributed by atoms with Crippen LogP contribution in [0.15, 0.2) is 46.5 Å². The summed E-state index contributed by atoms with van der Waals surface area (Å²) in [7, 11) is 1.64. The molecule has 0 spiro atoms. The molecule has 0 saturated carbocycles. The maximum Gasteiger partial charge on any atom is 0.193 e. The first-order valence-electron chi connectivity index (χ1n) is 7.06. The predicted molar refractivity (Wildman–Crippen MR) is 92.6 cm³/mol. The minimum Gasteiger partial charge on any atom is -0.497 e. The molecule has 0 saturated heterocycles. The zero-order valence-electron chi connectivity index (χ0n) is 12.5. The fourth-order valence-corrected chi connectivity index (χ4v) is 3.32. The Hall–Kier alpha value is -1.93. The first kappa shape index (κ1) is 15.9. The molecule has 6 nitrogen and oxygen atoms in total. The Morgan fingerprint density at radius 3 is 2.78 bits per heavy atom. The molecule has 0 bridgehead atoms. The molecule has 0 aliphatic heterocycles. The van der Waals surface area contributed by atoms with Crippen LogP contribution in [0.2, 0.25) is 0 Å². The first-order chi connectivity index (χ1) is 11.3. The standard InChI is InChI=1S/C15H16N4O2S2/c1-20-12-5-3-11(4-6-12)14-13(19-10-16-9-17-19)15(18-21-14)23-8-2-7-22/h3-6,9-10,22H,2,7-8H2,1H3. The molecule has 2 aromatic heterocycles. The number of hydrogen-bond acceptors (Lipinski definition) is 7. The molecular weight excluding hydrogens is 332 g/mol. The highest BCUT2D eigenvalue weighted by atomic mass is 32.2. The molecule has 0 fully saturated rings. The minimum absolute atomic E-state index is 0.659. The maximum absolute atomic E-state index is 5.59. The van der Waals surface area contributed by atoms with E-state index in [0.29, 0.717) is 5.76 Å². The second-order valence-electron chi connectivity index (χ2n) is 4.66. The normalized spacial score (nSPS) is 10.9. The number of rotatable bonds is 7. The average molecular weight is 348 g/mol. The lowest BCUT2D eigenvalue weighted by Gasteiger charge is -2.04. The summed E-state index contributed by atoms with van der Waals surface area (Å²) >= 11 is 5.86. The maximum atomic E-state index is 5.59. The number of hydrogen-bond donors (Lipinski definition) is 1. The monoisotopic (exact) mass is 348 g/mol. The Balaban J connectivity index is 1.98. The van der Waals surface area contributed by atoms with Gasteiger partial charge in [0.2, 0.25) is 0 Å². The number of ether oxygens (including phenoxy) is 1. The summed E-state index contributed by atoms with van der Waals surface area (Å²) in [4.78, 5) is 4.02. The highest BCUT2D eigenvalue weighted by molar-refractivity contribution is 7.99. The van der Waals surface area contributed by atoms with Gasteiger partial charge in [-0.25, -0.2) is 9.67 Å². The molecule has 0 N–H and O–H groups in total. The van der Waals surface area contributed by atoms with Gasteiger partial charge in [0, 0.05) is 11.3 Å². The van der Waals surface area contributed by atoms with Crippen molar-refractivity contribution in [1.29, 1.82) is 0 Å². The van der Waals surface area contributed by atoms with Gasteiger partial charge in [-0.3, -0.25) is 0 Å². The Kier molecular flexibility index (Phi) is 5.24. The summed E-state index contributed by atoms with van der Waals surface area (Å²) in [5.74, 6) is 3.21. The summed E-state index contributed by atoms with van der Waals surface area (Å²) < 4.78 is 12.5. The van der Waals surface area contributed by atoms with E-state index in [1.165, 1.54) is 6.33 Å². The predicted octanol–water partition coefficient (Wildman–Crippen LogP) is 3.34. The van der Waals surface area contributed by atoms with E-state index in [0.717, 1.165) is 40.0 Å².